The Balaban J connectivity index is 3.17. The van der Waals surface area contributed by atoms with Gasteiger partial charge in [-0.2, -0.15) is 0 Å². The third kappa shape index (κ3) is 9.70. The Morgan fingerprint density at radius 1 is 1.18 bits per heavy atom. The molecule has 0 spiro atoms. The minimum atomic E-state index is -0.154. The first-order chi connectivity index (χ1) is 5.13. The van der Waals surface area contributed by atoms with Crippen LogP contribution in [0.2, 0.25) is 0 Å². The number of allylic oxidation sites excluding steroid dienone is 2. The van der Waals surface area contributed by atoms with Gasteiger partial charge in [-0.1, -0.05) is 26.0 Å². The summed E-state index contributed by atoms with van der Waals surface area (Å²) < 4.78 is 0. The second-order valence-corrected chi connectivity index (χ2v) is 3.53. The molecule has 1 nitrogen and oxygen atoms in total. The lowest BCUT2D eigenvalue weighted by atomic mass is 10.1. The first-order valence-corrected chi connectivity index (χ1v) is 4.46. The van der Waals surface area contributed by atoms with Gasteiger partial charge in [0.1, 0.15) is 0 Å². The average Bonchev–Trinajstić information content (AvgIpc) is 1.85. The lowest BCUT2D eigenvalue weighted by Gasteiger charge is -1.99. The number of hydrogen-bond donors (Lipinski definition) is 1. The maximum Gasteiger partial charge on any atom is 0.0515 e. The van der Waals surface area contributed by atoms with Crippen molar-refractivity contribution < 1.29 is 5.11 Å². The van der Waals surface area contributed by atoms with Crippen LogP contribution < -0.4 is 0 Å². The van der Waals surface area contributed by atoms with Crippen molar-refractivity contribution in [3.05, 3.63) is 12.2 Å². The van der Waals surface area contributed by atoms with Gasteiger partial charge in [-0.3, -0.25) is 0 Å². The van der Waals surface area contributed by atoms with Gasteiger partial charge in [-0.15, -0.1) is 0 Å². The Hall–Kier alpha value is -0.300. The molecule has 66 valence electrons. The van der Waals surface area contributed by atoms with Crippen molar-refractivity contribution in [3.8, 4) is 0 Å². The molecular formula is C10H20O. The fourth-order valence-electron chi connectivity index (χ4n) is 0.824. The third-order valence-electron chi connectivity index (χ3n) is 1.53. The summed E-state index contributed by atoms with van der Waals surface area (Å²) in [5, 5.41) is 8.93. The van der Waals surface area contributed by atoms with Crippen LogP contribution in [0.3, 0.4) is 0 Å². The number of hydrogen-bond acceptors (Lipinski definition) is 1. The average molecular weight is 156 g/mol. The van der Waals surface area contributed by atoms with Crippen LogP contribution >= 0.6 is 0 Å². The molecule has 1 unspecified atom stereocenters. The molecule has 0 aromatic rings. The van der Waals surface area contributed by atoms with Gasteiger partial charge >= 0.3 is 0 Å². The zero-order chi connectivity index (χ0) is 8.69. The van der Waals surface area contributed by atoms with Crippen LogP contribution in [0, 0.1) is 5.92 Å². The van der Waals surface area contributed by atoms with E-state index < -0.39 is 0 Å². The minimum Gasteiger partial charge on any atom is -0.393 e. The summed E-state index contributed by atoms with van der Waals surface area (Å²) in [6.07, 6.45) is 7.25. The standard InChI is InChI=1S/C10H20O/c1-9(2)7-5-4-6-8-10(3)11/h4-5,9-11H,6-8H2,1-3H3/b5-4+. The van der Waals surface area contributed by atoms with E-state index in [2.05, 4.69) is 26.0 Å². The van der Waals surface area contributed by atoms with Crippen LogP contribution in [0.1, 0.15) is 40.0 Å². The molecule has 1 heteroatoms. The summed E-state index contributed by atoms with van der Waals surface area (Å²) in [5.74, 6) is 0.748. The summed E-state index contributed by atoms with van der Waals surface area (Å²) in [6, 6.07) is 0. The summed E-state index contributed by atoms with van der Waals surface area (Å²) in [5.41, 5.74) is 0. The number of rotatable bonds is 5. The maximum absolute atomic E-state index is 8.93. The Kier molecular flexibility index (Phi) is 6.24. The Bertz CT molecular complexity index is 103. The van der Waals surface area contributed by atoms with Crippen molar-refractivity contribution in [2.75, 3.05) is 0 Å². The van der Waals surface area contributed by atoms with E-state index in [-0.39, 0.29) is 6.10 Å². The molecule has 0 aromatic carbocycles. The van der Waals surface area contributed by atoms with Crippen molar-refractivity contribution in [1.29, 1.82) is 0 Å². The highest BCUT2D eigenvalue weighted by atomic mass is 16.3. The van der Waals surface area contributed by atoms with Crippen molar-refractivity contribution >= 4 is 0 Å². The number of aliphatic hydroxyl groups is 1. The molecule has 0 amide bonds. The van der Waals surface area contributed by atoms with Gasteiger partial charge in [-0.05, 0) is 32.1 Å². The molecule has 0 radical (unpaired) electrons. The first-order valence-electron chi connectivity index (χ1n) is 4.46. The molecule has 0 aliphatic heterocycles. The summed E-state index contributed by atoms with van der Waals surface area (Å²) >= 11 is 0. The van der Waals surface area contributed by atoms with Crippen LogP contribution in [-0.4, -0.2) is 11.2 Å². The lowest BCUT2D eigenvalue weighted by Crippen LogP contribution is -1.96. The van der Waals surface area contributed by atoms with E-state index in [4.69, 9.17) is 5.11 Å². The molecule has 1 atom stereocenters. The van der Waals surface area contributed by atoms with Crippen molar-refractivity contribution in [1.82, 2.24) is 0 Å². The molecule has 0 fully saturated rings. The zero-order valence-corrected chi connectivity index (χ0v) is 7.88. The maximum atomic E-state index is 8.93. The molecular weight excluding hydrogens is 136 g/mol. The Morgan fingerprint density at radius 2 is 1.82 bits per heavy atom. The number of aliphatic hydroxyl groups excluding tert-OH is 1. The first kappa shape index (κ1) is 10.7. The van der Waals surface area contributed by atoms with Gasteiger partial charge in [0.2, 0.25) is 0 Å². The van der Waals surface area contributed by atoms with Crippen molar-refractivity contribution in [3.63, 3.8) is 0 Å². The van der Waals surface area contributed by atoms with E-state index >= 15 is 0 Å². The lowest BCUT2D eigenvalue weighted by molar-refractivity contribution is 0.186. The summed E-state index contributed by atoms with van der Waals surface area (Å²) in [4.78, 5) is 0. The van der Waals surface area contributed by atoms with Crippen LogP contribution in [-0.2, 0) is 0 Å². The van der Waals surface area contributed by atoms with Crippen molar-refractivity contribution in [2.45, 2.75) is 46.1 Å². The van der Waals surface area contributed by atoms with Gasteiger partial charge in [0.05, 0.1) is 6.10 Å². The van der Waals surface area contributed by atoms with Gasteiger partial charge in [0.25, 0.3) is 0 Å². The molecule has 0 saturated heterocycles. The van der Waals surface area contributed by atoms with E-state index in [9.17, 15) is 0 Å². The zero-order valence-electron chi connectivity index (χ0n) is 7.88. The minimum absolute atomic E-state index is 0.154. The van der Waals surface area contributed by atoms with Gasteiger partial charge < -0.3 is 5.11 Å². The summed E-state index contributed by atoms with van der Waals surface area (Å²) in [6.45, 7) is 6.24. The van der Waals surface area contributed by atoms with Crippen LogP contribution in [0.5, 0.6) is 0 Å². The molecule has 1 N–H and O–H groups in total. The molecule has 0 aliphatic rings. The molecule has 11 heavy (non-hydrogen) atoms. The fourth-order valence-corrected chi connectivity index (χ4v) is 0.824. The van der Waals surface area contributed by atoms with E-state index in [1.807, 2.05) is 6.92 Å². The SMILES string of the molecule is CC(C)C/C=C/CCC(C)O. The molecule has 0 rings (SSSR count). The van der Waals surface area contributed by atoms with Crippen LogP contribution in [0.4, 0.5) is 0 Å². The van der Waals surface area contributed by atoms with E-state index in [0.29, 0.717) is 0 Å². The topological polar surface area (TPSA) is 20.2 Å². The molecule has 0 saturated carbocycles. The molecule has 0 aromatic heterocycles. The second kappa shape index (κ2) is 6.41. The van der Waals surface area contributed by atoms with E-state index in [1.54, 1.807) is 0 Å². The van der Waals surface area contributed by atoms with Gasteiger partial charge in [0, 0.05) is 0 Å². The smallest absolute Gasteiger partial charge is 0.0515 e. The quantitative estimate of drug-likeness (QED) is 0.607. The largest absolute Gasteiger partial charge is 0.393 e. The Morgan fingerprint density at radius 3 is 2.27 bits per heavy atom. The predicted octanol–water partition coefficient (Wildman–Crippen LogP) is 2.75. The summed E-state index contributed by atoms with van der Waals surface area (Å²) in [7, 11) is 0. The second-order valence-electron chi connectivity index (χ2n) is 3.53. The van der Waals surface area contributed by atoms with Crippen molar-refractivity contribution in [2.24, 2.45) is 5.92 Å². The molecule has 0 heterocycles. The monoisotopic (exact) mass is 156 g/mol. The third-order valence-corrected chi connectivity index (χ3v) is 1.53. The molecule has 0 bridgehead atoms. The van der Waals surface area contributed by atoms with Crippen LogP contribution in [0.15, 0.2) is 12.2 Å². The predicted molar refractivity (Wildman–Crippen MR) is 49.5 cm³/mol. The normalized spacial score (nSPS) is 14.6. The highest BCUT2D eigenvalue weighted by Gasteiger charge is 1.91. The highest BCUT2D eigenvalue weighted by molar-refractivity contribution is 4.82. The highest BCUT2D eigenvalue weighted by Crippen LogP contribution is 2.02. The van der Waals surface area contributed by atoms with E-state index in [1.165, 1.54) is 0 Å². The van der Waals surface area contributed by atoms with Gasteiger partial charge in [0.15, 0.2) is 0 Å². The van der Waals surface area contributed by atoms with Crippen LogP contribution in [0.25, 0.3) is 0 Å². The van der Waals surface area contributed by atoms with E-state index in [0.717, 1.165) is 25.2 Å². The Labute approximate surface area is 70.1 Å². The fraction of sp³-hybridized carbons (Fsp3) is 0.800. The van der Waals surface area contributed by atoms with Gasteiger partial charge in [-0.25, -0.2) is 0 Å². The molecule has 0 aliphatic carbocycles.